The predicted octanol–water partition coefficient (Wildman–Crippen LogP) is 18.1. The van der Waals surface area contributed by atoms with E-state index < -0.39 is 0 Å². The average molecular weight is 868 g/mol. The van der Waals surface area contributed by atoms with Gasteiger partial charge in [0.2, 0.25) is 0 Å². The molecular formula is C66H45NO. The van der Waals surface area contributed by atoms with Crippen LogP contribution in [0.25, 0.3) is 77.5 Å². The number of ether oxygens (including phenoxy) is 1. The molecule has 11 aromatic rings. The molecule has 2 nitrogen and oxygen atoms in total. The number of benzene rings is 11. The number of rotatable bonds is 8. The molecule has 0 radical (unpaired) electrons. The maximum Gasteiger partial charge on any atom is 0.135 e. The molecular weight excluding hydrogens is 823 g/mol. The van der Waals surface area contributed by atoms with Crippen molar-refractivity contribution in [2.24, 2.45) is 0 Å². The minimum Gasteiger partial charge on any atom is -0.456 e. The first-order valence-corrected chi connectivity index (χ1v) is 23.5. The fraction of sp³-hybridized carbons (Fsp3) is 0.0303. The van der Waals surface area contributed by atoms with Gasteiger partial charge in [0.25, 0.3) is 0 Å². The van der Waals surface area contributed by atoms with Crippen molar-refractivity contribution in [3.63, 3.8) is 0 Å². The van der Waals surface area contributed by atoms with Crippen molar-refractivity contribution >= 4 is 27.8 Å². The molecule has 11 aromatic carbocycles. The lowest BCUT2D eigenvalue weighted by Gasteiger charge is -2.31. The number of nitrogens with zero attached hydrogens (tertiary/aromatic N) is 1. The van der Waals surface area contributed by atoms with Crippen LogP contribution in [0.15, 0.2) is 255 Å². The molecule has 0 bridgehead atoms. The van der Waals surface area contributed by atoms with Crippen molar-refractivity contribution in [2.45, 2.75) is 12.3 Å². The van der Waals surface area contributed by atoms with Crippen LogP contribution in [0.5, 0.6) is 11.5 Å². The van der Waals surface area contributed by atoms with E-state index in [4.69, 9.17) is 4.74 Å². The molecule has 2 heteroatoms. The third kappa shape index (κ3) is 6.41. The van der Waals surface area contributed by atoms with Crippen molar-refractivity contribution in [3.8, 4) is 78.3 Å². The Hall–Kier alpha value is -8.72. The maximum atomic E-state index is 6.43. The van der Waals surface area contributed by atoms with Crippen molar-refractivity contribution in [1.29, 1.82) is 0 Å². The molecule has 320 valence electrons. The Kier molecular flexibility index (Phi) is 9.33. The van der Waals surface area contributed by atoms with Gasteiger partial charge in [0.1, 0.15) is 11.5 Å². The summed E-state index contributed by atoms with van der Waals surface area (Å²) < 4.78 is 6.43. The van der Waals surface area contributed by atoms with Gasteiger partial charge in [-0.05, 0) is 145 Å². The molecule has 0 saturated heterocycles. The first-order chi connectivity index (χ1) is 33.6. The van der Waals surface area contributed by atoms with E-state index in [2.05, 4.69) is 261 Å². The second kappa shape index (κ2) is 16.0. The number of fused-ring (bicyclic) bond motifs is 5. The lowest BCUT2D eigenvalue weighted by Crippen LogP contribution is -2.22. The van der Waals surface area contributed by atoms with Gasteiger partial charge >= 0.3 is 0 Å². The SMILES string of the molecule is CC1(c2ccccc2)c2ccccc2-c2c(N(c3ccc(-c4ccc(-c5ccccc5)c(-c5ccccc5)c4)cc3)c3cccc(-c4cc5c6c(cccc6c4)Oc4ccccc4-5)c3)cccc21. The molecule has 2 aliphatic rings. The molecule has 0 fully saturated rings. The van der Waals surface area contributed by atoms with E-state index in [-0.39, 0.29) is 5.41 Å². The normalized spacial score (nSPS) is 14.1. The summed E-state index contributed by atoms with van der Waals surface area (Å²) >= 11 is 0. The lowest BCUT2D eigenvalue weighted by atomic mass is 9.74. The zero-order valence-electron chi connectivity index (χ0n) is 37.6. The maximum absolute atomic E-state index is 6.43. The Balaban J connectivity index is 0.986. The largest absolute Gasteiger partial charge is 0.456 e. The summed E-state index contributed by atoms with van der Waals surface area (Å²) in [6.07, 6.45) is 0. The van der Waals surface area contributed by atoms with E-state index in [1.54, 1.807) is 0 Å². The summed E-state index contributed by atoms with van der Waals surface area (Å²) in [5.74, 6) is 1.78. The quantitative estimate of drug-likeness (QED) is 0.151. The average Bonchev–Trinajstić information content (AvgIpc) is 3.68. The Morgan fingerprint density at radius 2 is 0.926 bits per heavy atom. The van der Waals surface area contributed by atoms with E-state index in [9.17, 15) is 0 Å². The van der Waals surface area contributed by atoms with Crippen molar-refractivity contribution in [2.75, 3.05) is 4.90 Å². The highest BCUT2D eigenvalue weighted by Crippen LogP contribution is 2.57. The monoisotopic (exact) mass is 867 g/mol. The molecule has 68 heavy (non-hydrogen) atoms. The molecule has 1 heterocycles. The smallest absolute Gasteiger partial charge is 0.135 e. The molecule has 0 saturated carbocycles. The number of hydrogen-bond acceptors (Lipinski definition) is 2. The topological polar surface area (TPSA) is 12.5 Å². The summed E-state index contributed by atoms with van der Waals surface area (Å²) in [6, 6.07) is 92.9. The van der Waals surface area contributed by atoms with Gasteiger partial charge in [-0.25, -0.2) is 0 Å². The Bertz CT molecular complexity index is 3710. The molecule has 1 atom stereocenters. The molecule has 0 N–H and O–H groups in total. The van der Waals surface area contributed by atoms with Gasteiger partial charge in [0, 0.05) is 33.3 Å². The van der Waals surface area contributed by atoms with Crippen molar-refractivity contribution in [3.05, 3.63) is 271 Å². The van der Waals surface area contributed by atoms with E-state index >= 15 is 0 Å². The summed E-state index contributed by atoms with van der Waals surface area (Å²) in [5, 5.41) is 2.31. The summed E-state index contributed by atoms with van der Waals surface area (Å²) in [6.45, 7) is 2.39. The molecule has 1 aliphatic heterocycles. The highest BCUT2D eigenvalue weighted by molar-refractivity contribution is 6.07. The molecule has 0 aromatic heterocycles. The van der Waals surface area contributed by atoms with Crippen LogP contribution in [0.2, 0.25) is 0 Å². The van der Waals surface area contributed by atoms with Crippen LogP contribution in [0.1, 0.15) is 23.6 Å². The number of para-hydroxylation sites is 1. The Morgan fingerprint density at radius 3 is 1.72 bits per heavy atom. The van der Waals surface area contributed by atoms with Gasteiger partial charge in [-0.1, -0.05) is 194 Å². The van der Waals surface area contributed by atoms with E-state index in [0.29, 0.717) is 0 Å². The molecule has 0 amide bonds. The standard InChI is InChI=1S/C66H45NO/c1-66(51-24-9-4-10-25-51)59-29-13-11-28-56(59)65-60(66)30-17-31-61(65)67(52-37-34-44(35-38-52)48-36-39-54(45-18-5-2-6-19-45)57(42-48)46-20-7-3-8-21-46)53-26-15-22-47(41-53)50-40-49-23-16-33-63-64(49)58(43-50)55-27-12-14-32-62(55)68-63/h2-43H,1H3. The fourth-order valence-corrected chi connectivity index (χ4v) is 11.0. The Morgan fingerprint density at radius 1 is 0.338 bits per heavy atom. The predicted molar refractivity (Wildman–Crippen MR) is 283 cm³/mol. The van der Waals surface area contributed by atoms with E-state index in [1.807, 2.05) is 6.07 Å². The van der Waals surface area contributed by atoms with Crippen LogP contribution in [0.3, 0.4) is 0 Å². The third-order valence-corrected chi connectivity index (χ3v) is 14.3. The summed E-state index contributed by atoms with van der Waals surface area (Å²) in [4.78, 5) is 2.47. The highest BCUT2D eigenvalue weighted by atomic mass is 16.5. The van der Waals surface area contributed by atoms with Crippen LogP contribution >= 0.6 is 0 Å². The van der Waals surface area contributed by atoms with E-state index in [0.717, 1.165) is 61.6 Å². The lowest BCUT2D eigenvalue weighted by molar-refractivity contribution is 0.487. The van der Waals surface area contributed by atoms with Crippen LogP contribution in [0.4, 0.5) is 17.1 Å². The first kappa shape index (κ1) is 39.6. The summed E-state index contributed by atoms with van der Waals surface area (Å²) in [5.41, 5.74) is 21.2. The Labute approximate surface area is 397 Å². The molecule has 1 aliphatic carbocycles. The van der Waals surface area contributed by atoms with Crippen LogP contribution in [-0.2, 0) is 5.41 Å². The van der Waals surface area contributed by atoms with Gasteiger partial charge in [0.05, 0.1) is 5.69 Å². The van der Waals surface area contributed by atoms with Crippen LogP contribution in [0, 0.1) is 0 Å². The number of hydrogen-bond donors (Lipinski definition) is 0. The fourth-order valence-electron chi connectivity index (χ4n) is 11.0. The second-order valence-corrected chi connectivity index (χ2v) is 18.1. The third-order valence-electron chi connectivity index (χ3n) is 14.3. The second-order valence-electron chi connectivity index (χ2n) is 18.1. The van der Waals surface area contributed by atoms with Crippen molar-refractivity contribution < 1.29 is 4.74 Å². The summed E-state index contributed by atoms with van der Waals surface area (Å²) in [7, 11) is 0. The minimum atomic E-state index is -0.339. The number of anilines is 3. The van der Waals surface area contributed by atoms with Gasteiger partial charge in [-0.3, -0.25) is 0 Å². The van der Waals surface area contributed by atoms with Crippen molar-refractivity contribution in [1.82, 2.24) is 0 Å². The van der Waals surface area contributed by atoms with Gasteiger partial charge in [-0.2, -0.15) is 0 Å². The first-order valence-electron chi connectivity index (χ1n) is 23.5. The highest BCUT2D eigenvalue weighted by Gasteiger charge is 2.42. The zero-order valence-corrected chi connectivity index (χ0v) is 37.6. The van der Waals surface area contributed by atoms with Crippen LogP contribution < -0.4 is 9.64 Å². The van der Waals surface area contributed by atoms with E-state index in [1.165, 1.54) is 61.2 Å². The van der Waals surface area contributed by atoms with Gasteiger partial charge in [-0.15, -0.1) is 0 Å². The van der Waals surface area contributed by atoms with Gasteiger partial charge < -0.3 is 9.64 Å². The molecule has 0 spiro atoms. The molecule has 13 rings (SSSR count). The molecule has 1 unspecified atom stereocenters. The zero-order chi connectivity index (χ0) is 45.2. The van der Waals surface area contributed by atoms with Crippen LogP contribution in [-0.4, -0.2) is 0 Å². The van der Waals surface area contributed by atoms with Gasteiger partial charge in [0.15, 0.2) is 0 Å². The minimum absolute atomic E-state index is 0.339.